The van der Waals surface area contributed by atoms with E-state index >= 15 is 0 Å². The summed E-state index contributed by atoms with van der Waals surface area (Å²) < 4.78 is 12.0. The lowest BCUT2D eigenvalue weighted by Crippen LogP contribution is -2.31. The summed E-state index contributed by atoms with van der Waals surface area (Å²) in [6.07, 6.45) is 0. The molecule has 2 aromatic heterocycles. The zero-order valence-corrected chi connectivity index (χ0v) is 14.6. The number of aromatic hydroxyl groups is 1. The molecule has 2 aromatic rings. The number of hydrogen-bond acceptors (Lipinski definition) is 7. The Morgan fingerprint density at radius 3 is 2.36 bits per heavy atom. The van der Waals surface area contributed by atoms with Gasteiger partial charge in [0.05, 0.1) is 13.2 Å². The van der Waals surface area contributed by atoms with Gasteiger partial charge in [0.2, 0.25) is 5.88 Å². The van der Waals surface area contributed by atoms with E-state index < -0.39 is 28.9 Å². The van der Waals surface area contributed by atoms with Crippen molar-refractivity contribution in [2.24, 2.45) is 5.92 Å². The van der Waals surface area contributed by atoms with Gasteiger partial charge in [-0.15, -0.1) is 0 Å². The fraction of sp³-hybridized carbons (Fsp3) is 0.500. The average molecular weight is 351 g/mol. The molecule has 9 heteroatoms. The van der Waals surface area contributed by atoms with E-state index in [1.54, 1.807) is 13.8 Å². The monoisotopic (exact) mass is 351 g/mol. The summed E-state index contributed by atoms with van der Waals surface area (Å²) in [5.41, 5.74) is -1.11. The van der Waals surface area contributed by atoms with Crippen LogP contribution in [0.2, 0.25) is 0 Å². The zero-order valence-electron chi connectivity index (χ0n) is 14.6. The molecule has 2 heterocycles. The first-order chi connectivity index (χ1) is 11.8. The summed E-state index contributed by atoms with van der Waals surface area (Å²) >= 11 is 0. The predicted octanol–water partition coefficient (Wildman–Crippen LogP) is 1.21. The quantitative estimate of drug-likeness (QED) is 0.778. The Balaban J connectivity index is 2.77. The van der Waals surface area contributed by atoms with Gasteiger partial charge in [-0.25, -0.2) is 9.59 Å². The van der Waals surface area contributed by atoms with Crippen molar-refractivity contribution < 1.29 is 24.2 Å². The summed E-state index contributed by atoms with van der Waals surface area (Å²) in [5, 5.41) is 14.3. The van der Waals surface area contributed by atoms with E-state index in [-0.39, 0.29) is 37.0 Å². The van der Waals surface area contributed by atoms with Crippen LogP contribution in [-0.4, -0.2) is 44.4 Å². The number of fused-ring (bicyclic) bond motifs is 1. The third-order valence-electron chi connectivity index (χ3n) is 3.36. The maximum absolute atomic E-state index is 12.7. The van der Waals surface area contributed by atoms with Crippen LogP contribution in [0.25, 0.3) is 5.65 Å². The molecule has 0 amide bonds. The van der Waals surface area contributed by atoms with Crippen LogP contribution in [0.5, 0.6) is 5.88 Å². The molecule has 0 radical (unpaired) electrons. The van der Waals surface area contributed by atoms with E-state index in [1.165, 1.54) is 10.6 Å². The third-order valence-corrected chi connectivity index (χ3v) is 3.36. The van der Waals surface area contributed by atoms with E-state index in [4.69, 9.17) is 9.47 Å². The van der Waals surface area contributed by atoms with E-state index in [1.807, 2.05) is 13.8 Å². The first-order valence-corrected chi connectivity index (χ1v) is 8.01. The minimum Gasteiger partial charge on any atom is -0.492 e. The van der Waals surface area contributed by atoms with Gasteiger partial charge in [-0.05, 0) is 19.8 Å². The Morgan fingerprint density at radius 1 is 1.20 bits per heavy atom. The number of ether oxygens (including phenoxy) is 2. The van der Waals surface area contributed by atoms with Crippen LogP contribution in [0, 0.1) is 5.92 Å². The third kappa shape index (κ3) is 3.49. The molecule has 0 atom stereocenters. The first kappa shape index (κ1) is 18.5. The molecule has 136 valence electrons. The summed E-state index contributed by atoms with van der Waals surface area (Å²) in [5.74, 6) is -2.24. The minimum atomic E-state index is -0.947. The molecule has 0 saturated heterocycles. The van der Waals surface area contributed by atoms with Crippen molar-refractivity contribution in [1.29, 1.82) is 0 Å². The van der Waals surface area contributed by atoms with Crippen molar-refractivity contribution in [3.8, 4) is 5.88 Å². The van der Waals surface area contributed by atoms with E-state index in [0.717, 1.165) is 4.52 Å². The highest BCUT2D eigenvalue weighted by Gasteiger charge is 2.26. The van der Waals surface area contributed by atoms with E-state index in [2.05, 4.69) is 5.10 Å². The van der Waals surface area contributed by atoms with Crippen molar-refractivity contribution in [3.05, 3.63) is 27.7 Å². The highest BCUT2D eigenvalue weighted by atomic mass is 16.5. The van der Waals surface area contributed by atoms with Gasteiger partial charge in [-0.3, -0.25) is 9.36 Å². The molecule has 0 aliphatic heterocycles. The molecular formula is C16H21N3O6. The topological polar surface area (TPSA) is 112 Å². The minimum absolute atomic E-state index is 0.0487. The highest BCUT2D eigenvalue weighted by Crippen LogP contribution is 2.19. The van der Waals surface area contributed by atoms with Crippen LogP contribution in [-0.2, 0) is 16.0 Å². The fourth-order valence-electron chi connectivity index (χ4n) is 2.39. The Labute approximate surface area is 143 Å². The second-order valence-electron chi connectivity index (χ2n) is 5.75. The number of aromatic nitrogens is 3. The molecule has 0 aromatic carbocycles. The first-order valence-electron chi connectivity index (χ1n) is 8.01. The van der Waals surface area contributed by atoms with E-state index in [0.29, 0.717) is 0 Å². The number of nitrogens with zero attached hydrogens (tertiary/aromatic N) is 3. The fourth-order valence-corrected chi connectivity index (χ4v) is 2.39. The van der Waals surface area contributed by atoms with Gasteiger partial charge in [0.15, 0.2) is 11.3 Å². The van der Waals surface area contributed by atoms with Gasteiger partial charge >= 0.3 is 11.9 Å². The molecule has 2 rings (SSSR count). The highest BCUT2D eigenvalue weighted by molar-refractivity contribution is 5.92. The average Bonchev–Trinajstić information content (AvgIpc) is 2.97. The molecular weight excluding hydrogens is 330 g/mol. The molecule has 0 aliphatic carbocycles. The Hall–Kier alpha value is -2.84. The van der Waals surface area contributed by atoms with Gasteiger partial charge in [0.25, 0.3) is 5.56 Å². The number of rotatable bonds is 6. The summed E-state index contributed by atoms with van der Waals surface area (Å²) in [7, 11) is 0. The van der Waals surface area contributed by atoms with Crippen LogP contribution < -0.4 is 5.56 Å². The summed E-state index contributed by atoms with van der Waals surface area (Å²) in [6, 6.07) is 1.34. The zero-order chi connectivity index (χ0) is 18.7. The van der Waals surface area contributed by atoms with Crippen LogP contribution in [0.3, 0.4) is 0 Å². The van der Waals surface area contributed by atoms with Crippen molar-refractivity contribution in [3.63, 3.8) is 0 Å². The van der Waals surface area contributed by atoms with Crippen LogP contribution >= 0.6 is 0 Å². The summed E-state index contributed by atoms with van der Waals surface area (Å²) in [4.78, 5) is 36.7. The van der Waals surface area contributed by atoms with Crippen molar-refractivity contribution in [2.75, 3.05) is 13.2 Å². The molecule has 0 bridgehead atoms. The van der Waals surface area contributed by atoms with Gasteiger partial charge in [-0.2, -0.15) is 9.61 Å². The maximum atomic E-state index is 12.7. The maximum Gasteiger partial charge on any atom is 0.358 e. The van der Waals surface area contributed by atoms with Crippen molar-refractivity contribution in [2.45, 2.75) is 34.2 Å². The van der Waals surface area contributed by atoms with Crippen LogP contribution in [0.15, 0.2) is 10.9 Å². The van der Waals surface area contributed by atoms with Gasteiger partial charge < -0.3 is 14.6 Å². The number of esters is 2. The molecule has 0 aliphatic rings. The number of hydrogen-bond donors (Lipinski definition) is 1. The second kappa shape index (κ2) is 7.37. The standard InChI is InChI=1S/C16H21N3O6/c1-5-24-15(22)10-7-11-18(8-9(3)4)13(20)12(16(23)25-6-2)14(21)19(11)17-10/h7,9,21H,5-6,8H2,1-4H3. The van der Waals surface area contributed by atoms with Crippen molar-refractivity contribution in [1.82, 2.24) is 14.2 Å². The SMILES string of the molecule is CCOC(=O)c1cc2n(CC(C)C)c(=O)c(C(=O)OCC)c(O)n2n1. The lowest BCUT2D eigenvalue weighted by Gasteiger charge is -2.13. The van der Waals surface area contributed by atoms with Gasteiger partial charge in [0.1, 0.15) is 5.65 Å². The van der Waals surface area contributed by atoms with Crippen molar-refractivity contribution >= 4 is 17.6 Å². The second-order valence-corrected chi connectivity index (χ2v) is 5.75. The van der Waals surface area contributed by atoms with E-state index in [9.17, 15) is 19.5 Å². The smallest absolute Gasteiger partial charge is 0.358 e. The Morgan fingerprint density at radius 2 is 1.80 bits per heavy atom. The normalized spacial score (nSPS) is 11.1. The molecule has 25 heavy (non-hydrogen) atoms. The molecule has 0 fully saturated rings. The molecule has 1 N–H and O–H groups in total. The number of carbonyl (C=O) groups excluding carboxylic acids is 2. The van der Waals surface area contributed by atoms with Crippen LogP contribution in [0.1, 0.15) is 48.5 Å². The Bertz CT molecular complexity index is 865. The number of carbonyl (C=O) groups is 2. The molecule has 0 unspecified atom stereocenters. The molecule has 0 saturated carbocycles. The predicted molar refractivity (Wildman–Crippen MR) is 87.9 cm³/mol. The van der Waals surface area contributed by atoms with Crippen LogP contribution in [0.4, 0.5) is 0 Å². The largest absolute Gasteiger partial charge is 0.492 e. The lowest BCUT2D eigenvalue weighted by atomic mass is 10.2. The molecule has 9 nitrogen and oxygen atoms in total. The Kier molecular flexibility index (Phi) is 5.45. The van der Waals surface area contributed by atoms with Gasteiger partial charge in [0, 0.05) is 12.6 Å². The molecule has 0 spiro atoms. The summed E-state index contributed by atoms with van der Waals surface area (Å²) in [6.45, 7) is 7.50. The lowest BCUT2D eigenvalue weighted by molar-refractivity contribution is 0.0511. The van der Waals surface area contributed by atoms with Gasteiger partial charge in [-0.1, -0.05) is 13.8 Å².